The van der Waals surface area contributed by atoms with E-state index in [2.05, 4.69) is 0 Å². The Morgan fingerprint density at radius 3 is 2.37 bits per heavy atom. The second-order valence-electron chi connectivity index (χ2n) is 6.94. The van der Waals surface area contributed by atoms with Crippen LogP contribution in [0.3, 0.4) is 0 Å². The number of ether oxygens (including phenoxy) is 5. The highest BCUT2D eigenvalue weighted by Crippen LogP contribution is 2.32. The van der Waals surface area contributed by atoms with E-state index in [1.165, 1.54) is 12.2 Å². The second-order valence-corrected chi connectivity index (χ2v) is 6.94. The normalized spacial score (nSPS) is 28.3. The Balaban J connectivity index is 2.11. The lowest BCUT2D eigenvalue weighted by atomic mass is 9.95. The van der Waals surface area contributed by atoms with Gasteiger partial charge in [-0.05, 0) is 58.6 Å². The second kappa shape index (κ2) is 10.0. The van der Waals surface area contributed by atoms with Crippen molar-refractivity contribution in [2.75, 3.05) is 19.8 Å². The van der Waals surface area contributed by atoms with E-state index in [1.54, 1.807) is 19.9 Å². The molecule has 0 radical (unpaired) electrons. The topological polar surface area (TPSA) is 80.3 Å². The third-order valence-electron chi connectivity index (χ3n) is 4.38. The van der Waals surface area contributed by atoms with Crippen molar-refractivity contribution in [2.24, 2.45) is 0 Å². The van der Waals surface area contributed by atoms with Crippen molar-refractivity contribution in [3.63, 3.8) is 0 Å². The van der Waals surface area contributed by atoms with Crippen LogP contribution < -0.4 is 0 Å². The summed E-state index contributed by atoms with van der Waals surface area (Å²) in [7, 11) is 0. The summed E-state index contributed by atoms with van der Waals surface area (Å²) in [5.41, 5.74) is 0.587. The standard InChI is InChI=1S/C20H30O7/c1-5-23-18(21)11-10-14(12-19(22)24-6-2)15-8-7-9-16(26-15)17-13-25-20(3,4)27-17/h10-12,15-17H,5-9,13H2,1-4H3/b11-10+,14-12-/t15-,16+,17-/m1/s1. The van der Waals surface area contributed by atoms with Gasteiger partial charge in [-0.15, -0.1) is 0 Å². The lowest BCUT2D eigenvalue weighted by Gasteiger charge is -2.33. The number of carbonyl (C=O) groups is 2. The smallest absolute Gasteiger partial charge is 0.331 e. The van der Waals surface area contributed by atoms with Crippen LogP contribution in [0.5, 0.6) is 0 Å². The van der Waals surface area contributed by atoms with Gasteiger partial charge in [-0.2, -0.15) is 0 Å². The molecule has 2 rings (SSSR count). The minimum atomic E-state index is -0.617. The molecular weight excluding hydrogens is 352 g/mol. The molecule has 0 bridgehead atoms. The maximum Gasteiger partial charge on any atom is 0.331 e. The fourth-order valence-electron chi connectivity index (χ4n) is 3.19. The number of rotatable bonds is 7. The summed E-state index contributed by atoms with van der Waals surface area (Å²) >= 11 is 0. The van der Waals surface area contributed by atoms with Crippen LogP contribution in [-0.4, -0.2) is 55.9 Å². The molecule has 7 nitrogen and oxygen atoms in total. The largest absolute Gasteiger partial charge is 0.463 e. The van der Waals surface area contributed by atoms with Gasteiger partial charge in [0.05, 0.1) is 32.0 Å². The molecule has 0 aromatic rings. The number of carbonyl (C=O) groups excluding carboxylic acids is 2. The lowest BCUT2D eigenvalue weighted by Crippen LogP contribution is -2.39. The predicted molar refractivity (Wildman–Crippen MR) is 97.9 cm³/mol. The molecule has 2 heterocycles. The first-order chi connectivity index (χ1) is 12.8. The third kappa shape index (κ3) is 6.75. The average Bonchev–Trinajstić information content (AvgIpc) is 2.99. The van der Waals surface area contributed by atoms with Crippen molar-refractivity contribution in [2.45, 2.75) is 71.1 Å². The first-order valence-corrected chi connectivity index (χ1v) is 9.55. The zero-order chi connectivity index (χ0) is 19.9. The Labute approximate surface area is 160 Å². The molecule has 2 saturated heterocycles. The summed E-state index contributed by atoms with van der Waals surface area (Å²) in [4.78, 5) is 23.6. The highest BCUT2D eigenvalue weighted by Gasteiger charge is 2.40. The van der Waals surface area contributed by atoms with E-state index in [-0.39, 0.29) is 31.5 Å². The molecule has 0 spiro atoms. The molecule has 2 aliphatic rings. The molecule has 0 N–H and O–H groups in total. The Morgan fingerprint density at radius 1 is 1.04 bits per heavy atom. The van der Waals surface area contributed by atoms with Crippen LogP contribution in [0.2, 0.25) is 0 Å². The van der Waals surface area contributed by atoms with E-state index in [0.717, 1.165) is 19.3 Å². The fraction of sp³-hybridized carbons (Fsp3) is 0.700. The van der Waals surface area contributed by atoms with Crippen LogP contribution in [0.1, 0.15) is 47.0 Å². The van der Waals surface area contributed by atoms with Crippen LogP contribution in [0.25, 0.3) is 0 Å². The fourth-order valence-corrected chi connectivity index (χ4v) is 3.19. The van der Waals surface area contributed by atoms with Gasteiger partial charge in [0.15, 0.2) is 5.79 Å². The van der Waals surface area contributed by atoms with Crippen LogP contribution in [-0.2, 0) is 33.3 Å². The van der Waals surface area contributed by atoms with Gasteiger partial charge in [-0.25, -0.2) is 9.59 Å². The van der Waals surface area contributed by atoms with Crippen molar-refractivity contribution in [1.29, 1.82) is 0 Å². The molecule has 152 valence electrons. The molecule has 27 heavy (non-hydrogen) atoms. The Bertz CT molecular complexity index is 579. The molecule has 0 unspecified atom stereocenters. The zero-order valence-corrected chi connectivity index (χ0v) is 16.6. The summed E-state index contributed by atoms with van der Waals surface area (Å²) < 4.78 is 27.7. The summed E-state index contributed by atoms with van der Waals surface area (Å²) in [5, 5.41) is 0. The minimum Gasteiger partial charge on any atom is -0.463 e. The van der Waals surface area contributed by atoms with E-state index in [4.69, 9.17) is 23.7 Å². The zero-order valence-electron chi connectivity index (χ0n) is 16.6. The Kier molecular flexibility index (Phi) is 8.01. The highest BCUT2D eigenvalue weighted by atomic mass is 16.7. The molecule has 2 aliphatic heterocycles. The van der Waals surface area contributed by atoms with Crippen molar-refractivity contribution in [3.8, 4) is 0 Å². The maximum atomic E-state index is 11.9. The van der Waals surface area contributed by atoms with E-state index < -0.39 is 17.7 Å². The SMILES string of the molecule is CCOC(=O)/C=C(/C=C/C(=O)OCC)[C@H]1CCC[C@@H]([C@H]2COC(C)(C)O2)O1. The molecule has 0 aliphatic carbocycles. The van der Waals surface area contributed by atoms with Gasteiger partial charge in [0, 0.05) is 12.2 Å². The van der Waals surface area contributed by atoms with Crippen LogP contribution in [0.15, 0.2) is 23.8 Å². The quantitative estimate of drug-likeness (QED) is 0.380. The van der Waals surface area contributed by atoms with Gasteiger partial charge in [0.2, 0.25) is 0 Å². The van der Waals surface area contributed by atoms with Gasteiger partial charge in [-0.3, -0.25) is 0 Å². The van der Waals surface area contributed by atoms with Crippen molar-refractivity contribution < 1.29 is 33.3 Å². The number of hydrogen-bond donors (Lipinski definition) is 0. The molecule has 0 aromatic carbocycles. The predicted octanol–water partition coefficient (Wildman–Crippen LogP) is 2.68. The van der Waals surface area contributed by atoms with Gasteiger partial charge < -0.3 is 23.7 Å². The van der Waals surface area contributed by atoms with Gasteiger partial charge in [-0.1, -0.05) is 0 Å². The maximum absolute atomic E-state index is 11.9. The average molecular weight is 382 g/mol. The minimum absolute atomic E-state index is 0.132. The van der Waals surface area contributed by atoms with Crippen LogP contribution in [0, 0.1) is 0 Å². The Morgan fingerprint density at radius 2 is 1.74 bits per heavy atom. The van der Waals surface area contributed by atoms with E-state index in [0.29, 0.717) is 12.2 Å². The molecular formula is C20H30O7. The Hall–Kier alpha value is -1.70. The molecule has 0 aromatic heterocycles. The van der Waals surface area contributed by atoms with E-state index >= 15 is 0 Å². The molecule has 0 saturated carbocycles. The monoisotopic (exact) mass is 382 g/mol. The molecule has 7 heteroatoms. The van der Waals surface area contributed by atoms with Gasteiger partial charge in [0.1, 0.15) is 6.10 Å². The molecule has 0 amide bonds. The number of hydrogen-bond acceptors (Lipinski definition) is 7. The summed E-state index contributed by atoms with van der Waals surface area (Å²) in [6.45, 7) is 8.27. The summed E-state index contributed by atoms with van der Waals surface area (Å²) in [6, 6.07) is 0. The van der Waals surface area contributed by atoms with Gasteiger partial charge >= 0.3 is 11.9 Å². The third-order valence-corrected chi connectivity index (χ3v) is 4.38. The van der Waals surface area contributed by atoms with Crippen LogP contribution in [0.4, 0.5) is 0 Å². The first kappa shape index (κ1) is 21.6. The van der Waals surface area contributed by atoms with Gasteiger partial charge in [0.25, 0.3) is 0 Å². The van der Waals surface area contributed by atoms with Crippen molar-refractivity contribution in [1.82, 2.24) is 0 Å². The van der Waals surface area contributed by atoms with Crippen molar-refractivity contribution in [3.05, 3.63) is 23.8 Å². The first-order valence-electron chi connectivity index (χ1n) is 9.55. The molecule has 3 atom stereocenters. The van der Waals surface area contributed by atoms with E-state index in [1.807, 2.05) is 13.8 Å². The highest BCUT2D eigenvalue weighted by molar-refractivity contribution is 5.85. The lowest BCUT2D eigenvalue weighted by molar-refractivity contribution is -0.166. The van der Waals surface area contributed by atoms with Crippen molar-refractivity contribution >= 4 is 11.9 Å². The molecule has 2 fully saturated rings. The number of esters is 2. The van der Waals surface area contributed by atoms with E-state index in [9.17, 15) is 9.59 Å². The van der Waals surface area contributed by atoms with Crippen LogP contribution >= 0.6 is 0 Å². The summed E-state index contributed by atoms with van der Waals surface area (Å²) in [6.07, 6.45) is 6.16. The summed E-state index contributed by atoms with van der Waals surface area (Å²) in [5.74, 6) is -1.55.